The highest BCUT2D eigenvalue weighted by molar-refractivity contribution is 5.70. The maximum atomic E-state index is 12.8. The van der Waals surface area contributed by atoms with Crippen molar-refractivity contribution in [2.75, 3.05) is 26.4 Å². The van der Waals surface area contributed by atoms with Gasteiger partial charge in [0.05, 0.1) is 19.8 Å². The van der Waals surface area contributed by atoms with Gasteiger partial charge in [-0.05, 0) is 57.8 Å². The van der Waals surface area contributed by atoms with Gasteiger partial charge in [-0.2, -0.15) is 0 Å². The number of hydrogen-bond donors (Lipinski definition) is 7. The van der Waals surface area contributed by atoms with E-state index in [-0.39, 0.29) is 19.4 Å². The Labute approximate surface area is 350 Å². The van der Waals surface area contributed by atoms with Crippen LogP contribution in [0.4, 0.5) is 0 Å². The summed E-state index contributed by atoms with van der Waals surface area (Å²) >= 11 is 0. The van der Waals surface area contributed by atoms with E-state index in [0.717, 1.165) is 64.2 Å². The molecule has 15 heteroatoms. The molecule has 15 nitrogen and oxygen atoms in total. The number of hydrogen-bond acceptors (Lipinski definition) is 15. The molecule has 0 saturated carbocycles. The second-order valence-electron chi connectivity index (χ2n) is 14.8. The molecule has 338 valence electrons. The Morgan fingerprint density at radius 3 is 1.75 bits per heavy atom. The predicted octanol–water partition coefficient (Wildman–Crippen LogP) is 3.75. The van der Waals surface area contributed by atoms with Gasteiger partial charge in [0.15, 0.2) is 18.7 Å². The van der Waals surface area contributed by atoms with Crippen molar-refractivity contribution in [3.05, 3.63) is 60.8 Å². The van der Waals surface area contributed by atoms with Gasteiger partial charge in [0.1, 0.15) is 55.4 Å². The third-order valence-electron chi connectivity index (χ3n) is 9.72. The Morgan fingerprint density at radius 1 is 0.559 bits per heavy atom. The average Bonchev–Trinajstić information content (AvgIpc) is 3.23. The zero-order chi connectivity index (χ0) is 43.3. The first-order chi connectivity index (χ1) is 28.5. The second-order valence-corrected chi connectivity index (χ2v) is 14.8. The summed E-state index contributed by atoms with van der Waals surface area (Å²) in [6.07, 6.45) is 15.9. The van der Waals surface area contributed by atoms with Gasteiger partial charge < -0.3 is 64.2 Å². The fourth-order valence-electron chi connectivity index (χ4n) is 6.17. The number of rotatable bonds is 30. The summed E-state index contributed by atoms with van der Waals surface area (Å²) in [7, 11) is 0. The highest BCUT2D eigenvalue weighted by Crippen LogP contribution is 2.26. The summed E-state index contributed by atoms with van der Waals surface area (Å²) in [4.78, 5) is 25.5. The molecular weight excluding hydrogens is 768 g/mol. The molecule has 0 spiro atoms. The van der Waals surface area contributed by atoms with Gasteiger partial charge in [-0.25, -0.2) is 0 Å². The Balaban J connectivity index is 1.92. The SMILES string of the molecule is CC/C=C\C/C=C\C/C=C\C/C=C\CCC(=O)OC(COC(=O)CCCCCCC/C=C\CCC)COC1OC(COC2OC(CO)C(O)C(O)C2O)C(O)C(O)C1O. The number of esters is 2. The van der Waals surface area contributed by atoms with E-state index in [0.29, 0.717) is 19.3 Å². The minimum absolute atomic E-state index is 0.0396. The van der Waals surface area contributed by atoms with Crippen molar-refractivity contribution >= 4 is 11.9 Å². The van der Waals surface area contributed by atoms with E-state index in [1.165, 1.54) is 0 Å². The highest BCUT2D eigenvalue weighted by atomic mass is 16.7. The first kappa shape index (κ1) is 52.3. The minimum atomic E-state index is -1.78. The average molecular weight is 841 g/mol. The van der Waals surface area contributed by atoms with Crippen molar-refractivity contribution in [1.82, 2.24) is 0 Å². The Morgan fingerprint density at radius 2 is 1.10 bits per heavy atom. The number of aliphatic hydroxyl groups is 7. The summed E-state index contributed by atoms with van der Waals surface area (Å²) in [6.45, 7) is 2.27. The molecule has 0 bridgehead atoms. The topological polar surface area (TPSA) is 231 Å². The first-order valence-corrected chi connectivity index (χ1v) is 21.4. The quantitative estimate of drug-likeness (QED) is 0.0310. The molecule has 7 N–H and O–H groups in total. The van der Waals surface area contributed by atoms with Crippen LogP contribution in [0.5, 0.6) is 0 Å². The van der Waals surface area contributed by atoms with Crippen molar-refractivity contribution in [2.24, 2.45) is 0 Å². The second kappa shape index (κ2) is 32.0. The van der Waals surface area contributed by atoms with Gasteiger partial charge in [0.2, 0.25) is 0 Å². The zero-order valence-corrected chi connectivity index (χ0v) is 35.0. The fourth-order valence-corrected chi connectivity index (χ4v) is 6.17. The van der Waals surface area contributed by atoms with Crippen LogP contribution >= 0.6 is 0 Å². The van der Waals surface area contributed by atoms with Crippen molar-refractivity contribution < 1.29 is 73.8 Å². The van der Waals surface area contributed by atoms with Gasteiger partial charge in [-0.3, -0.25) is 9.59 Å². The minimum Gasteiger partial charge on any atom is -0.462 e. The summed E-state index contributed by atoms with van der Waals surface area (Å²) in [5, 5.41) is 71.7. The van der Waals surface area contributed by atoms with Crippen LogP contribution < -0.4 is 0 Å². The van der Waals surface area contributed by atoms with Crippen LogP contribution in [0.25, 0.3) is 0 Å². The molecule has 0 amide bonds. The van der Waals surface area contributed by atoms with Crippen molar-refractivity contribution in [1.29, 1.82) is 0 Å². The highest BCUT2D eigenvalue weighted by Gasteiger charge is 2.47. The standard InChI is InChI=1S/C44H72O15/c1-3-5-7-9-11-13-15-16-17-19-21-23-25-27-36(47)57-32(29-54-35(46)26-24-22-20-18-14-12-10-8-6-4-2)30-55-43-42(53)40(51)38(49)34(59-43)31-56-44-41(52)39(50)37(48)33(28-45)58-44/h5,7-8,10-11,13,16-17,21,23,32-34,37-45,48-53H,3-4,6,9,12,14-15,18-20,22,24-31H2,1-2H3/b7-5-,10-8-,13-11-,17-16-,23-21-. The summed E-state index contributed by atoms with van der Waals surface area (Å²) in [5.74, 6) is -1.04. The van der Waals surface area contributed by atoms with E-state index < -0.39 is 99.3 Å². The monoisotopic (exact) mass is 840 g/mol. The number of carbonyl (C=O) groups is 2. The largest absolute Gasteiger partial charge is 0.462 e. The number of ether oxygens (including phenoxy) is 6. The zero-order valence-electron chi connectivity index (χ0n) is 35.0. The Bertz CT molecular complexity index is 1270. The summed E-state index contributed by atoms with van der Waals surface area (Å²) in [5.41, 5.74) is 0. The molecule has 2 aliphatic rings. The Hall–Kier alpha value is -2.80. The van der Waals surface area contributed by atoms with Crippen LogP contribution in [0.3, 0.4) is 0 Å². The first-order valence-electron chi connectivity index (χ1n) is 21.4. The summed E-state index contributed by atoms with van der Waals surface area (Å²) < 4.78 is 33.2. The van der Waals surface area contributed by atoms with E-state index >= 15 is 0 Å². The lowest BCUT2D eigenvalue weighted by Gasteiger charge is -2.42. The molecule has 0 aromatic rings. The molecule has 11 unspecified atom stereocenters. The summed E-state index contributed by atoms with van der Waals surface area (Å²) in [6, 6.07) is 0. The number of allylic oxidation sites excluding steroid dienone is 10. The molecule has 0 aromatic heterocycles. The molecular formula is C44H72O15. The fraction of sp³-hybridized carbons (Fsp3) is 0.727. The van der Waals surface area contributed by atoms with Gasteiger partial charge >= 0.3 is 11.9 Å². The molecule has 2 rings (SSSR count). The van der Waals surface area contributed by atoms with Crippen LogP contribution in [0, 0.1) is 0 Å². The molecule has 2 saturated heterocycles. The van der Waals surface area contributed by atoms with Crippen LogP contribution in [0.2, 0.25) is 0 Å². The number of aliphatic hydroxyl groups excluding tert-OH is 7. The third-order valence-corrected chi connectivity index (χ3v) is 9.72. The van der Waals surface area contributed by atoms with Crippen LogP contribution in [0.15, 0.2) is 60.8 Å². The number of unbranched alkanes of at least 4 members (excludes halogenated alkanes) is 6. The van der Waals surface area contributed by atoms with E-state index in [2.05, 4.69) is 56.4 Å². The smallest absolute Gasteiger partial charge is 0.306 e. The molecule has 0 radical (unpaired) electrons. The van der Waals surface area contributed by atoms with E-state index in [9.17, 15) is 45.3 Å². The van der Waals surface area contributed by atoms with Gasteiger partial charge in [-0.1, -0.05) is 100 Å². The van der Waals surface area contributed by atoms with Crippen molar-refractivity contribution in [3.8, 4) is 0 Å². The molecule has 0 aliphatic carbocycles. The van der Waals surface area contributed by atoms with Crippen molar-refractivity contribution in [2.45, 2.75) is 178 Å². The molecule has 59 heavy (non-hydrogen) atoms. The van der Waals surface area contributed by atoms with Crippen LogP contribution in [-0.4, -0.2) is 142 Å². The molecule has 11 atom stereocenters. The van der Waals surface area contributed by atoms with E-state index in [4.69, 9.17) is 28.4 Å². The molecule has 2 aliphatic heterocycles. The maximum Gasteiger partial charge on any atom is 0.306 e. The van der Waals surface area contributed by atoms with E-state index in [1.54, 1.807) is 0 Å². The van der Waals surface area contributed by atoms with Gasteiger partial charge in [0.25, 0.3) is 0 Å². The van der Waals surface area contributed by atoms with Crippen LogP contribution in [0.1, 0.15) is 110 Å². The third kappa shape index (κ3) is 21.5. The van der Waals surface area contributed by atoms with Gasteiger partial charge in [0, 0.05) is 12.8 Å². The van der Waals surface area contributed by atoms with Crippen molar-refractivity contribution in [3.63, 3.8) is 0 Å². The molecule has 0 aromatic carbocycles. The molecule has 2 fully saturated rings. The van der Waals surface area contributed by atoms with Crippen LogP contribution in [-0.2, 0) is 38.0 Å². The molecule has 2 heterocycles. The predicted molar refractivity (Wildman–Crippen MR) is 219 cm³/mol. The van der Waals surface area contributed by atoms with E-state index in [1.807, 2.05) is 18.2 Å². The normalized spacial score (nSPS) is 28.4. The lowest BCUT2D eigenvalue weighted by Crippen LogP contribution is -2.61. The Kier molecular flexibility index (Phi) is 28.4. The van der Waals surface area contributed by atoms with Gasteiger partial charge in [-0.15, -0.1) is 0 Å². The number of carbonyl (C=O) groups excluding carboxylic acids is 2. The lowest BCUT2D eigenvalue weighted by molar-refractivity contribution is -0.332. The maximum absolute atomic E-state index is 12.8. The lowest BCUT2D eigenvalue weighted by atomic mass is 9.98.